The van der Waals surface area contributed by atoms with Crippen LogP contribution in [0.3, 0.4) is 0 Å². The first kappa shape index (κ1) is 32.7. The van der Waals surface area contributed by atoms with Crippen LogP contribution in [0.2, 0.25) is 0 Å². The van der Waals surface area contributed by atoms with Crippen molar-refractivity contribution in [1.29, 1.82) is 0 Å². The number of nitrogens with zero attached hydrogens (tertiary/aromatic N) is 1. The Kier molecular flexibility index (Phi) is 25.4. The summed E-state index contributed by atoms with van der Waals surface area (Å²) in [6.45, 7) is 17.1. The van der Waals surface area contributed by atoms with Gasteiger partial charge < -0.3 is 0 Å². The van der Waals surface area contributed by atoms with Crippen molar-refractivity contribution in [3.63, 3.8) is 0 Å². The number of rotatable bonds is 1. The van der Waals surface area contributed by atoms with Gasteiger partial charge in [-0.2, -0.15) is 0 Å². The summed E-state index contributed by atoms with van der Waals surface area (Å²) in [6.07, 6.45) is 6.87. The van der Waals surface area contributed by atoms with Crippen LogP contribution in [0, 0.1) is 5.41 Å². The van der Waals surface area contributed by atoms with Crippen molar-refractivity contribution in [2.24, 2.45) is 5.41 Å². The van der Waals surface area contributed by atoms with E-state index >= 15 is 0 Å². The van der Waals surface area contributed by atoms with E-state index in [1.165, 1.54) is 5.56 Å². The summed E-state index contributed by atoms with van der Waals surface area (Å²) in [7, 11) is 2.14. The number of carbonyl (C=O) groups is 1. The van der Waals surface area contributed by atoms with Gasteiger partial charge in [-0.15, -0.1) is 0 Å². The number of hydrogen-bond donors (Lipinski definition) is 0. The number of likely N-dealkylation sites (tertiary alicyclic amines) is 1. The minimum Gasteiger partial charge on any atom is -0.298 e. The van der Waals surface area contributed by atoms with Gasteiger partial charge in [0.25, 0.3) is 0 Å². The SMILES string of the molecule is CC.CC.CC.CC.CN1CCCC2(CC=CC2=O)C1c1ccccc1.II. The number of hydrogen-bond acceptors (Lipinski definition) is 2. The lowest BCUT2D eigenvalue weighted by molar-refractivity contribution is -0.129. The fourth-order valence-electron chi connectivity index (χ4n) is 3.65. The highest BCUT2D eigenvalue weighted by Gasteiger charge is 2.49. The predicted octanol–water partition coefficient (Wildman–Crippen LogP) is 8.84. The van der Waals surface area contributed by atoms with E-state index in [2.05, 4.69) is 79.5 Å². The molecule has 1 aromatic carbocycles. The van der Waals surface area contributed by atoms with Crippen LogP contribution in [-0.2, 0) is 4.79 Å². The Hall–Kier alpha value is 0.0500. The van der Waals surface area contributed by atoms with Gasteiger partial charge in [-0.3, -0.25) is 9.69 Å². The zero-order valence-electron chi connectivity index (χ0n) is 19.6. The second-order valence-corrected chi connectivity index (χ2v) is 5.52. The van der Waals surface area contributed by atoms with E-state index in [0.29, 0.717) is 5.78 Å². The molecule has 1 aromatic rings. The van der Waals surface area contributed by atoms with Gasteiger partial charge in [-0.25, -0.2) is 0 Å². The van der Waals surface area contributed by atoms with Crippen LogP contribution in [0.15, 0.2) is 42.5 Å². The zero-order valence-corrected chi connectivity index (χ0v) is 23.9. The Morgan fingerprint density at radius 3 is 1.86 bits per heavy atom. The van der Waals surface area contributed by atoms with E-state index in [1.807, 2.05) is 61.5 Å². The molecule has 2 nitrogen and oxygen atoms in total. The molecule has 0 bridgehead atoms. The van der Waals surface area contributed by atoms with Crippen molar-refractivity contribution in [1.82, 2.24) is 4.90 Å². The second kappa shape index (κ2) is 21.8. The van der Waals surface area contributed by atoms with Gasteiger partial charge in [0.15, 0.2) is 5.78 Å². The van der Waals surface area contributed by atoms with Crippen molar-refractivity contribution in [2.45, 2.75) is 80.7 Å². The molecule has 3 rings (SSSR count). The first-order valence-corrected chi connectivity index (χ1v) is 17.1. The molecule has 1 heterocycles. The lowest BCUT2D eigenvalue weighted by atomic mass is 9.68. The summed E-state index contributed by atoms with van der Waals surface area (Å²) in [5, 5.41) is 0. The molecular formula is C24H43I2NO. The Labute approximate surface area is 199 Å². The summed E-state index contributed by atoms with van der Waals surface area (Å²) >= 11 is 4.24. The molecular weight excluding hydrogens is 572 g/mol. The van der Waals surface area contributed by atoms with Crippen molar-refractivity contribution < 1.29 is 4.79 Å². The Morgan fingerprint density at radius 2 is 1.43 bits per heavy atom. The third-order valence-electron chi connectivity index (χ3n) is 4.46. The van der Waals surface area contributed by atoms with Gasteiger partial charge in [-0.1, -0.05) is 91.8 Å². The standard InChI is InChI=1S/C16H19NO.4C2H6.I2/c1-17-12-6-11-16(10-5-9-14(16)18)15(17)13-7-3-2-4-8-13;5*1-2/h2-5,7-9,15H,6,10-12H2,1H3;4*1-2H3;. The van der Waals surface area contributed by atoms with Crippen LogP contribution in [0.25, 0.3) is 0 Å². The highest BCUT2D eigenvalue weighted by Crippen LogP contribution is 2.50. The monoisotopic (exact) mass is 615 g/mol. The maximum absolute atomic E-state index is 12.4. The number of halogens is 2. The molecule has 1 saturated heterocycles. The Morgan fingerprint density at radius 1 is 0.929 bits per heavy atom. The number of benzene rings is 1. The van der Waals surface area contributed by atoms with E-state index in [0.717, 1.165) is 25.8 Å². The molecule has 1 aliphatic heterocycles. The van der Waals surface area contributed by atoms with Gasteiger partial charge in [0, 0.05) is 43.3 Å². The highest BCUT2D eigenvalue weighted by atomic mass is 128. The summed E-state index contributed by atoms with van der Waals surface area (Å²) in [5.41, 5.74) is 1.07. The third-order valence-corrected chi connectivity index (χ3v) is 4.46. The number of carbonyl (C=O) groups excluding carboxylic acids is 1. The van der Waals surface area contributed by atoms with E-state index in [-0.39, 0.29) is 11.5 Å². The van der Waals surface area contributed by atoms with Crippen molar-refractivity contribution in [2.75, 3.05) is 13.6 Å². The Bertz CT molecular complexity index is 491. The van der Waals surface area contributed by atoms with Gasteiger partial charge in [0.05, 0.1) is 5.41 Å². The molecule has 1 spiro atoms. The topological polar surface area (TPSA) is 20.3 Å². The average Bonchev–Trinajstić information content (AvgIpc) is 3.16. The van der Waals surface area contributed by atoms with E-state index < -0.39 is 0 Å². The second-order valence-electron chi connectivity index (χ2n) is 5.52. The van der Waals surface area contributed by atoms with Gasteiger partial charge in [0.1, 0.15) is 0 Å². The van der Waals surface area contributed by atoms with Crippen LogP contribution in [0.5, 0.6) is 0 Å². The molecule has 0 amide bonds. The number of ketones is 1. The number of piperidine rings is 1. The molecule has 2 atom stereocenters. The Balaban J connectivity index is -0.000000548. The van der Waals surface area contributed by atoms with Crippen LogP contribution < -0.4 is 0 Å². The largest absolute Gasteiger partial charge is 0.298 e. The van der Waals surface area contributed by atoms with Gasteiger partial charge >= 0.3 is 0 Å². The summed E-state index contributed by atoms with van der Waals surface area (Å²) < 4.78 is 0. The molecule has 164 valence electrons. The molecule has 28 heavy (non-hydrogen) atoms. The lowest BCUT2D eigenvalue weighted by Gasteiger charge is -2.46. The number of allylic oxidation sites excluding steroid dienone is 2. The van der Waals surface area contributed by atoms with Crippen molar-refractivity contribution in [3.8, 4) is 0 Å². The summed E-state index contributed by atoms with van der Waals surface area (Å²) in [5.74, 6) is 0.322. The van der Waals surface area contributed by atoms with Gasteiger partial charge in [-0.05, 0) is 44.5 Å². The van der Waals surface area contributed by atoms with Crippen LogP contribution in [0.4, 0.5) is 0 Å². The summed E-state index contributed by atoms with van der Waals surface area (Å²) in [4.78, 5) is 14.7. The predicted molar refractivity (Wildman–Crippen MR) is 146 cm³/mol. The normalized spacial score (nSPS) is 21.8. The minimum absolute atomic E-state index is 0.200. The smallest absolute Gasteiger partial charge is 0.163 e. The van der Waals surface area contributed by atoms with E-state index in [9.17, 15) is 4.79 Å². The molecule has 2 unspecified atom stereocenters. The summed E-state index contributed by atoms with van der Waals surface area (Å²) in [6, 6.07) is 10.7. The molecule has 0 aromatic heterocycles. The average molecular weight is 615 g/mol. The fourth-order valence-corrected chi connectivity index (χ4v) is 3.65. The first-order valence-electron chi connectivity index (χ1n) is 10.8. The molecule has 0 N–H and O–H groups in total. The zero-order chi connectivity index (χ0) is 22.6. The lowest BCUT2D eigenvalue weighted by Crippen LogP contribution is -2.46. The van der Waals surface area contributed by atoms with Crippen LogP contribution >= 0.6 is 37.2 Å². The van der Waals surface area contributed by atoms with Crippen LogP contribution in [-0.4, -0.2) is 24.3 Å². The quantitative estimate of drug-likeness (QED) is 0.295. The van der Waals surface area contributed by atoms with Gasteiger partial charge in [0.2, 0.25) is 0 Å². The fraction of sp³-hybridized carbons (Fsp3) is 0.625. The maximum atomic E-state index is 12.4. The molecule has 1 fully saturated rings. The van der Waals surface area contributed by atoms with E-state index in [1.54, 1.807) is 6.08 Å². The molecule has 0 saturated carbocycles. The van der Waals surface area contributed by atoms with Crippen molar-refractivity contribution >= 4 is 43.0 Å². The molecule has 2 aliphatic rings. The van der Waals surface area contributed by atoms with Crippen LogP contribution in [0.1, 0.15) is 86.3 Å². The van der Waals surface area contributed by atoms with E-state index in [4.69, 9.17) is 0 Å². The first-order chi connectivity index (χ1) is 13.7. The maximum Gasteiger partial charge on any atom is 0.163 e. The third kappa shape index (κ3) is 9.24. The highest BCUT2D eigenvalue weighted by molar-refractivity contribution is 15.0. The molecule has 1 aliphatic carbocycles. The van der Waals surface area contributed by atoms with Crippen molar-refractivity contribution in [3.05, 3.63) is 48.0 Å². The molecule has 4 heteroatoms. The minimum atomic E-state index is -0.200. The molecule has 0 radical (unpaired) electrons.